The fourth-order valence-electron chi connectivity index (χ4n) is 9.98. The minimum absolute atomic E-state index is 0. The van der Waals surface area contributed by atoms with E-state index in [0.29, 0.717) is 98.3 Å². The summed E-state index contributed by atoms with van der Waals surface area (Å²) in [4.78, 5) is 58.1. The van der Waals surface area contributed by atoms with Gasteiger partial charge in [-0.15, -0.1) is 6.42 Å². The van der Waals surface area contributed by atoms with Gasteiger partial charge in [-0.25, -0.2) is 0 Å². The van der Waals surface area contributed by atoms with E-state index in [1.54, 1.807) is 38.5 Å². The smallest absolute Gasteiger partial charge is 0.264 e. The summed E-state index contributed by atoms with van der Waals surface area (Å²) >= 11 is 12.9. The summed E-state index contributed by atoms with van der Waals surface area (Å²) in [6, 6.07) is 15.6. The van der Waals surface area contributed by atoms with E-state index < -0.39 is 17.9 Å². The fraction of sp³-hybridized carbons (Fsp3) is 0.500. The molecule has 16 heteroatoms. The summed E-state index contributed by atoms with van der Waals surface area (Å²) in [5.41, 5.74) is 4.07. The predicted molar refractivity (Wildman–Crippen MR) is 301 cm³/mol. The van der Waals surface area contributed by atoms with E-state index in [0.717, 1.165) is 116 Å². The maximum atomic E-state index is 13.4. The number of carbonyl (C=O) groups excluding carboxylic acids is 4. The molecule has 7 rings (SSSR count). The highest BCUT2D eigenvalue weighted by atomic mass is 35.5. The van der Waals surface area contributed by atoms with Gasteiger partial charge >= 0.3 is 0 Å². The second-order valence-electron chi connectivity index (χ2n) is 19.4. The van der Waals surface area contributed by atoms with E-state index >= 15 is 0 Å². The Hall–Kier alpha value is -5.50. The highest BCUT2D eigenvalue weighted by Gasteiger charge is 2.45. The van der Waals surface area contributed by atoms with E-state index in [2.05, 4.69) is 27.6 Å². The summed E-state index contributed by atoms with van der Waals surface area (Å²) in [5.74, 6) is 3.29. The Morgan fingerprint density at radius 2 is 1.39 bits per heavy atom. The number of fused-ring (bicyclic) bond motifs is 2. The van der Waals surface area contributed by atoms with Crippen molar-refractivity contribution in [1.82, 2.24) is 14.7 Å². The third-order valence-electron chi connectivity index (χ3n) is 14.1. The van der Waals surface area contributed by atoms with Gasteiger partial charge in [-0.1, -0.05) is 80.1 Å². The number of imide groups is 1. The van der Waals surface area contributed by atoms with Crippen molar-refractivity contribution in [3.05, 3.63) is 105 Å². The van der Waals surface area contributed by atoms with Crippen molar-refractivity contribution in [3.8, 4) is 29.6 Å². The highest BCUT2D eigenvalue weighted by molar-refractivity contribution is 6.36. The molecule has 0 spiro atoms. The van der Waals surface area contributed by atoms with Crippen LogP contribution in [0.2, 0.25) is 10.0 Å². The van der Waals surface area contributed by atoms with Crippen molar-refractivity contribution in [2.75, 3.05) is 105 Å². The van der Waals surface area contributed by atoms with E-state index in [9.17, 15) is 19.2 Å². The first-order chi connectivity index (χ1) is 36.5. The first-order valence-corrected chi connectivity index (χ1v) is 27.2. The maximum absolute atomic E-state index is 13.4. The molecule has 0 bridgehead atoms. The largest absolute Gasteiger partial charge is 0.495 e. The fourth-order valence-corrected chi connectivity index (χ4v) is 10.5. The van der Waals surface area contributed by atoms with Gasteiger partial charge in [0.15, 0.2) is 17.3 Å². The van der Waals surface area contributed by atoms with Gasteiger partial charge in [-0.05, 0) is 116 Å². The van der Waals surface area contributed by atoms with Crippen molar-refractivity contribution in [2.24, 2.45) is 0 Å². The van der Waals surface area contributed by atoms with Crippen LogP contribution < -0.4 is 19.5 Å². The molecule has 1 atom stereocenters. The lowest BCUT2D eigenvalue weighted by Crippen LogP contribution is -2.46. The second kappa shape index (κ2) is 30.4. The summed E-state index contributed by atoms with van der Waals surface area (Å²) in [7, 11) is 3.23. The number of hydrogen-bond acceptors (Lipinski definition) is 12. The van der Waals surface area contributed by atoms with Crippen LogP contribution in [0.1, 0.15) is 122 Å². The summed E-state index contributed by atoms with van der Waals surface area (Å²) in [6.07, 6.45) is 15.6. The number of methoxy groups -OCH3 is 2. The number of allylic oxidation sites excluding steroid dienone is 1. The molecule has 3 aliphatic rings. The summed E-state index contributed by atoms with van der Waals surface area (Å²) in [5, 5.41) is 5.79. The molecule has 0 radical (unpaired) electrons. The molecule has 1 unspecified atom stereocenters. The summed E-state index contributed by atoms with van der Waals surface area (Å²) < 4.78 is 34.7. The second-order valence-corrected chi connectivity index (χ2v) is 20.2. The minimum Gasteiger partial charge on any atom is -0.495 e. The third kappa shape index (κ3) is 16.3. The van der Waals surface area contributed by atoms with Crippen LogP contribution in [0.3, 0.4) is 0 Å². The van der Waals surface area contributed by atoms with Crippen LogP contribution >= 0.6 is 23.2 Å². The van der Waals surface area contributed by atoms with Gasteiger partial charge in [0.2, 0.25) is 5.91 Å². The monoisotopic (exact) mass is 1080 g/mol. The molecule has 0 aromatic heterocycles. The number of carbonyl (C=O) groups is 4. The number of rotatable bonds is 30. The number of piperazine rings is 1. The van der Waals surface area contributed by atoms with E-state index in [4.69, 9.17) is 58.0 Å². The molecule has 2 aliphatic heterocycles. The topological polar surface area (TPSA) is 145 Å². The van der Waals surface area contributed by atoms with E-state index in [-0.39, 0.29) is 43.1 Å². The predicted octanol–water partition coefficient (Wildman–Crippen LogP) is 10.8. The minimum atomic E-state index is -0.802. The SMILES string of the molecule is C.C#Cc1ccc2cc(OCCCN3CCN(CCCCCCOCCOCCOCCCCCC(=O)Nc4cccc5c4C(=O)N(C4CCC(=C)CC4=O)C5=O)CC3)c(OC)cc2c1Cc1cc(OC)c(Cl)cc1Cl. The number of terminal acetylenes is 1. The van der Waals surface area contributed by atoms with Gasteiger partial charge in [-0.3, -0.25) is 24.1 Å². The number of Topliss-reactive ketones (excluding diaryl/α,β-unsaturated/α-hetero) is 1. The molecule has 1 saturated heterocycles. The van der Waals surface area contributed by atoms with Crippen LogP contribution in [0.4, 0.5) is 5.69 Å². The van der Waals surface area contributed by atoms with Gasteiger partial charge < -0.3 is 43.5 Å². The Balaban J connectivity index is 0.00000937. The van der Waals surface area contributed by atoms with Crippen LogP contribution in [0, 0.1) is 12.3 Å². The first-order valence-electron chi connectivity index (χ1n) is 26.4. The maximum Gasteiger partial charge on any atom is 0.264 e. The molecule has 2 fully saturated rings. The van der Waals surface area contributed by atoms with Gasteiger partial charge in [0, 0.05) is 75.8 Å². The van der Waals surface area contributed by atoms with Crippen LogP contribution in [0.15, 0.2) is 66.7 Å². The van der Waals surface area contributed by atoms with Crippen LogP contribution in [0.25, 0.3) is 10.8 Å². The van der Waals surface area contributed by atoms with Crippen molar-refractivity contribution in [1.29, 1.82) is 0 Å². The molecule has 4 aromatic carbocycles. The zero-order chi connectivity index (χ0) is 53.1. The number of nitrogens with zero attached hydrogens (tertiary/aromatic N) is 3. The lowest BCUT2D eigenvalue weighted by molar-refractivity contribution is -0.123. The van der Waals surface area contributed by atoms with Crippen molar-refractivity contribution < 1.29 is 47.6 Å². The van der Waals surface area contributed by atoms with Gasteiger partial charge in [-0.2, -0.15) is 0 Å². The molecule has 2 heterocycles. The van der Waals surface area contributed by atoms with Crippen molar-refractivity contribution >= 4 is 63.2 Å². The molecule has 4 aromatic rings. The number of nitrogens with one attached hydrogen (secondary N) is 1. The zero-order valence-electron chi connectivity index (χ0n) is 43.6. The first kappa shape index (κ1) is 59.7. The molecule has 1 saturated carbocycles. The number of unbranched alkanes of at least 4 members (excludes halogenated alkanes) is 5. The molecule has 76 heavy (non-hydrogen) atoms. The van der Waals surface area contributed by atoms with Gasteiger partial charge in [0.1, 0.15) is 5.75 Å². The van der Waals surface area contributed by atoms with Crippen LogP contribution in [0.5, 0.6) is 17.2 Å². The van der Waals surface area contributed by atoms with Crippen LogP contribution in [-0.4, -0.2) is 144 Å². The molecule has 3 amide bonds. The number of ether oxygens (including phenoxy) is 6. The molecule has 1 aliphatic carbocycles. The van der Waals surface area contributed by atoms with Crippen molar-refractivity contribution in [3.63, 3.8) is 0 Å². The number of hydrogen-bond donors (Lipinski definition) is 1. The molecular formula is C60H76Cl2N4O10. The Kier molecular flexibility index (Phi) is 23.9. The molecule has 1 N–H and O–H groups in total. The standard InChI is InChI=1S/C59H72Cl2N4O10.CH4/c1-5-42-19-20-43-37-55(54(71-4)39-47(43)46(42)36-44-38-53(70-3)49(61)40-48(44)60)75-30-14-23-64-26-24-63(25-27-64)22-10-6-7-11-28-72-31-33-74-34-32-73-29-12-8-9-17-56(67)62-50-16-13-15-45-57(50)59(69)65(58(45)68)51-21-18-41(2)35-52(51)66;/h1,13,15-16,19-20,37-40,51H,2,6-12,14,17-18,21-36H2,3-4H3,(H,62,67);1H4. The number of benzene rings is 4. The third-order valence-corrected chi connectivity index (χ3v) is 14.8. The lowest BCUT2D eigenvalue weighted by Gasteiger charge is -2.34. The van der Waals surface area contributed by atoms with E-state index in [1.165, 1.54) is 12.8 Å². The van der Waals surface area contributed by atoms with Crippen LogP contribution in [-0.2, 0) is 30.2 Å². The lowest BCUT2D eigenvalue weighted by atomic mass is 9.89. The molecule has 410 valence electrons. The highest BCUT2D eigenvalue weighted by Crippen LogP contribution is 2.39. The van der Waals surface area contributed by atoms with Gasteiger partial charge in [0.05, 0.1) is 75.1 Å². The number of ketones is 1. The molecular weight excluding hydrogens is 1010 g/mol. The van der Waals surface area contributed by atoms with Gasteiger partial charge in [0.25, 0.3) is 11.8 Å². The molecule has 14 nitrogen and oxygen atoms in total. The Morgan fingerprint density at radius 1 is 0.737 bits per heavy atom. The Labute approximate surface area is 459 Å². The average Bonchev–Trinajstić information content (AvgIpc) is 3.69. The number of halogens is 2. The zero-order valence-corrected chi connectivity index (χ0v) is 45.1. The Bertz CT molecular complexity index is 2680. The average molecular weight is 1080 g/mol. The number of amides is 3. The van der Waals surface area contributed by atoms with Crippen molar-refractivity contribution in [2.45, 2.75) is 96.9 Å². The Morgan fingerprint density at radius 3 is 2.07 bits per heavy atom. The quantitative estimate of drug-likeness (QED) is 0.0230. The normalized spacial score (nSPS) is 15.9. The number of anilines is 1. The van der Waals surface area contributed by atoms with E-state index in [1.807, 2.05) is 30.3 Å². The summed E-state index contributed by atoms with van der Waals surface area (Å²) in [6.45, 7) is 14.3.